The van der Waals surface area contributed by atoms with Crippen LogP contribution in [0.3, 0.4) is 0 Å². The fraction of sp³-hybridized carbons (Fsp3) is 0.500. The second kappa shape index (κ2) is 8.33. The van der Waals surface area contributed by atoms with Crippen molar-refractivity contribution in [1.29, 1.82) is 0 Å². The fourth-order valence-electron chi connectivity index (χ4n) is 3.17. The average Bonchev–Trinajstić information content (AvgIpc) is 2.62. The highest BCUT2D eigenvalue weighted by molar-refractivity contribution is 5.68. The quantitative estimate of drug-likeness (QED) is 0.883. The summed E-state index contributed by atoms with van der Waals surface area (Å²) in [6.07, 6.45) is 5.93. The van der Waals surface area contributed by atoms with Crippen molar-refractivity contribution in [3.8, 4) is 0 Å². The number of anilines is 2. The van der Waals surface area contributed by atoms with E-state index in [2.05, 4.69) is 20.3 Å². The van der Waals surface area contributed by atoms with Gasteiger partial charge in [-0.3, -0.25) is 0 Å². The number of piperidine rings is 1. The van der Waals surface area contributed by atoms with Gasteiger partial charge in [0.25, 0.3) is 0 Å². The number of nitrogens with zero attached hydrogens (tertiary/aromatic N) is 4. The van der Waals surface area contributed by atoms with E-state index in [-0.39, 0.29) is 6.09 Å². The van der Waals surface area contributed by atoms with Gasteiger partial charge in [0.05, 0.1) is 0 Å². The number of aromatic nitrogens is 3. The summed E-state index contributed by atoms with van der Waals surface area (Å²) in [7, 11) is 0. The molecule has 144 valence electrons. The Morgan fingerprint density at radius 1 is 1.26 bits per heavy atom. The number of amides is 1. The lowest BCUT2D eigenvalue weighted by Crippen LogP contribution is -2.43. The van der Waals surface area contributed by atoms with Gasteiger partial charge in [-0.1, -0.05) is 6.07 Å². The van der Waals surface area contributed by atoms with Gasteiger partial charge in [0.1, 0.15) is 23.6 Å². The average molecular weight is 369 g/mol. The molecule has 0 aromatic carbocycles. The van der Waals surface area contributed by atoms with Crippen LogP contribution < -0.4 is 5.32 Å². The molecule has 1 aliphatic heterocycles. The van der Waals surface area contributed by atoms with E-state index >= 15 is 0 Å². The van der Waals surface area contributed by atoms with Gasteiger partial charge < -0.3 is 15.0 Å². The van der Waals surface area contributed by atoms with Crippen LogP contribution in [0.5, 0.6) is 0 Å². The van der Waals surface area contributed by atoms with Crippen molar-refractivity contribution >= 4 is 17.7 Å². The summed E-state index contributed by atoms with van der Waals surface area (Å²) in [6, 6.07) is 7.63. The lowest BCUT2D eigenvalue weighted by molar-refractivity contribution is 0.0165. The number of pyridine rings is 1. The molecule has 0 spiro atoms. The zero-order valence-electron chi connectivity index (χ0n) is 16.2. The molecule has 2 aromatic rings. The predicted octanol–water partition coefficient (Wildman–Crippen LogP) is 3.80. The molecule has 2 aromatic heterocycles. The van der Waals surface area contributed by atoms with Crippen LogP contribution in [0.25, 0.3) is 0 Å². The number of nitrogens with one attached hydrogen (secondary N) is 1. The van der Waals surface area contributed by atoms with Crippen LogP contribution in [0.2, 0.25) is 0 Å². The van der Waals surface area contributed by atoms with Crippen LogP contribution in [0.15, 0.2) is 36.8 Å². The largest absolute Gasteiger partial charge is 0.444 e. The second-order valence-corrected chi connectivity index (χ2v) is 7.87. The zero-order chi connectivity index (χ0) is 19.3. The minimum Gasteiger partial charge on any atom is -0.444 e. The van der Waals surface area contributed by atoms with Crippen LogP contribution in [0, 0.1) is 5.92 Å². The SMILES string of the molecule is CC(C)(C)OC(=O)N1CCC[C@H](Cc2cc(Nc3ccccn3)ncn2)C1. The molecule has 1 fully saturated rings. The molecule has 1 atom stereocenters. The van der Waals surface area contributed by atoms with Crippen molar-refractivity contribution in [3.63, 3.8) is 0 Å². The molecular formula is C20H27N5O2. The molecule has 0 unspecified atom stereocenters. The fourth-order valence-corrected chi connectivity index (χ4v) is 3.17. The van der Waals surface area contributed by atoms with Gasteiger partial charge in [0.15, 0.2) is 0 Å². The smallest absolute Gasteiger partial charge is 0.410 e. The Labute approximate surface area is 160 Å². The van der Waals surface area contributed by atoms with Gasteiger partial charge in [-0.05, 0) is 58.1 Å². The van der Waals surface area contributed by atoms with Gasteiger partial charge in [-0.15, -0.1) is 0 Å². The van der Waals surface area contributed by atoms with Gasteiger partial charge in [0.2, 0.25) is 0 Å². The van der Waals surface area contributed by atoms with Crippen LogP contribution in [0.1, 0.15) is 39.3 Å². The molecule has 1 amide bonds. The van der Waals surface area contributed by atoms with E-state index in [1.54, 1.807) is 12.5 Å². The molecule has 0 radical (unpaired) electrons. The maximum absolute atomic E-state index is 12.3. The lowest BCUT2D eigenvalue weighted by Gasteiger charge is -2.34. The molecule has 0 saturated carbocycles. The van der Waals surface area contributed by atoms with Gasteiger partial charge in [-0.2, -0.15) is 0 Å². The van der Waals surface area contributed by atoms with E-state index < -0.39 is 5.60 Å². The second-order valence-electron chi connectivity index (χ2n) is 7.87. The summed E-state index contributed by atoms with van der Waals surface area (Å²) in [4.78, 5) is 27.1. The van der Waals surface area contributed by atoms with E-state index in [0.29, 0.717) is 12.5 Å². The lowest BCUT2D eigenvalue weighted by atomic mass is 9.93. The summed E-state index contributed by atoms with van der Waals surface area (Å²) in [5.74, 6) is 1.83. The monoisotopic (exact) mass is 369 g/mol. The van der Waals surface area contributed by atoms with Crippen molar-refractivity contribution in [3.05, 3.63) is 42.5 Å². The number of carbonyl (C=O) groups is 1. The van der Waals surface area contributed by atoms with Gasteiger partial charge >= 0.3 is 6.09 Å². The normalized spacial score (nSPS) is 17.4. The molecule has 27 heavy (non-hydrogen) atoms. The number of ether oxygens (including phenoxy) is 1. The highest BCUT2D eigenvalue weighted by atomic mass is 16.6. The first kappa shape index (κ1) is 19.1. The van der Waals surface area contributed by atoms with Crippen molar-refractivity contribution in [2.24, 2.45) is 5.92 Å². The molecule has 3 heterocycles. The van der Waals surface area contributed by atoms with Crippen molar-refractivity contribution < 1.29 is 9.53 Å². The van der Waals surface area contributed by atoms with E-state index in [1.807, 2.05) is 49.9 Å². The molecule has 1 saturated heterocycles. The minimum absolute atomic E-state index is 0.229. The van der Waals surface area contributed by atoms with E-state index in [0.717, 1.165) is 43.1 Å². The number of hydrogen-bond acceptors (Lipinski definition) is 6. The molecule has 3 rings (SSSR count). The predicted molar refractivity (Wildman–Crippen MR) is 104 cm³/mol. The highest BCUT2D eigenvalue weighted by Gasteiger charge is 2.27. The van der Waals surface area contributed by atoms with E-state index in [4.69, 9.17) is 4.74 Å². The van der Waals surface area contributed by atoms with E-state index in [9.17, 15) is 4.79 Å². The molecule has 7 heteroatoms. The number of likely N-dealkylation sites (tertiary alicyclic amines) is 1. The van der Waals surface area contributed by atoms with E-state index in [1.165, 1.54) is 0 Å². The first-order valence-corrected chi connectivity index (χ1v) is 9.36. The Morgan fingerprint density at radius 3 is 2.85 bits per heavy atom. The Kier molecular flexibility index (Phi) is 5.88. The zero-order valence-corrected chi connectivity index (χ0v) is 16.2. The molecule has 0 aliphatic carbocycles. The third-order valence-corrected chi connectivity index (χ3v) is 4.31. The van der Waals surface area contributed by atoms with Crippen molar-refractivity contribution in [1.82, 2.24) is 19.9 Å². The van der Waals surface area contributed by atoms with Crippen molar-refractivity contribution in [2.75, 3.05) is 18.4 Å². The standard InChI is InChI=1S/C20H27N5O2/c1-20(2,3)27-19(26)25-10-6-7-15(13-25)11-16-12-18(23-14-22-16)24-17-8-4-5-9-21-17/h4-5,8-9,12,14-15H,6-7,10-11,13H2,1-3H3,(H,21,22,23,24)/t15-/m1/s1. The van der Waals surface area contributed by atoms with Crippen LogP contribution in [0.4, 0.5) is 16.4 Å². The maximum atomic E-state index is 12.3. The molecule has 7 nitrogen and oxygen atoms in total. The van der Waals surface area contributed by atoms with Gasteiger partial charge in [-0.25, -0.2) is 19.7 Å². The minimum atomic E-state index is -0.470. The molecule has 1 aliphatic rings. The number of carbonyl (C=O) groups excluding carboxylic acids is 1. The summed E-state index contributed by atoms with van der Waals surface area (Å²) in [5.41, 5.74) is 0.488. The van der Waals surface area contributed by atoms with Crippen LogP contribution in [-0.4, -0.2) is 44.6 Å². The summed E-state index contributed by atoms with van der Waals surface area (Å²) < 4.78 is 5.51. The Morgan fingerprint density at radius 2 is 2.11 bits per heavy atom. The first-order valence-electron chi connectivity index (χ1n) is 9.36. The van der Waals surface area contributed by atoms with Crippen LogP contribution in [-0.2, 0) is 11.2 Å². The van der Waals surface area contributed by atoms with Crippen molar-refractivity contribution in [2.45, 2.75) is 45.6 Å². The molecule has 1 N–H and O–H groups in total. The number of hydrogen-bond donors (Lipinski definition) is 1. The highest BCUT2D eigenvalue weighted by Crippen LogP contribution is 2.23. The Bertz CT molecular complexity index is 760. The Hall–Kier alpha value is -2.70. The summed E-state index contributed by atoms with van der Waals surface area (Å²) in [5, 5.41) is 3.19. The summed E-state index contributed by atoms with van der Waals surface area (Å²) in [6.45, 7) is 7.12. The third-order valence-electron chi connectivity index (χ3n) is 4.31. The topological polar surface area (TPSA) is 80.2 Å². The third kappa shape index (κ3) is 5.91. The first-order chi connectivity index (χ1) is 12.9. The Balaban J connectivity index is 1.60. The van der Waals surface area contributed by atoms with Crippen LogP contribution >= 0.6 is 0 Å². The maximum Gasteiger partial charge on any atom is 0.410 e. The summed E-state index contributed by atoms with van der Waals surface area (Å²) >= 11 is 0. The molecular weight excluding hydrogens is 342 g/mol. The molecule has 0 bridgehead atoms. The number of rotatable bonds is 4. The van der Waals surface area contributed by atoms with Gasteiger partial charge in [0, 0.05) is 31.0 Å².